The maximum atomic E-state index is 11.9. The van der Waals surface area contributed by atoms with Crippen LogP contribution in [0.2, 0.25) is 0 Å². The molecule has 2 rings (SSSR count). The van der Waals surface area contributed by atoms with Gasteiger partial charge in [-0.2, -0.15) is 0 Å². The number of rotatable bonds is 10. The van der Waals surface area contributed by atoms with Crippen LogP contribution in [-0.2, 0) is 16.2 Å². The quantitative estimate of drug-likeness (QED) is 0.478. The van der Waals surface area contributed by atoms with Crippen LogP contribution in [0, 0.1) is 0 Å². The molecule has 0 aromatic heterocycles. The van der Waals surface area contributed by atoms with Gasteiger partial charge < -0.3 is 15.5 Å². The molecule has 5 nitrogen and oxygen atoms in total. The van der Waals surface area contributed by atoms with E-state index < -0.39 is 0 Å². The van der Waals surface area contributed by atoms with E-state index in [0.29, 0.717) is 19.6 Å². The lowest BCUT2D eigenvalue weighted by atomic mass is 10.1. The fourth-order valence-corrected chi connectivity index (χ4v) is 4.36. The van der Waals surface area contributed by atoms with Gasteiger partial charge in [-0.25, -0.2) is 0 Å². The lowest BCUT2D eigenvalue weighted by Crippen LogP contribution is -2.22. The Labute approximate surface area is 158 Å². The zero-order chi connectivity index (χ0) is 17.7. The predicted molar refractivity (Wildman–Crippen MR) is 109 cm³/mol. The molecular formula is C18H27N3O2S2. The molecule has 0 bridgehead atoms. The minimum absolute atomic E-state index is 0.107. The molecule has 138 valence electrons. The van der Waals surface area contributed by atoms with Crippen molar-refractivity contribution in [2.24, 2.45) is 5.16 Å². The van der Waals surface area contributed by atoms with E-state index >= 15 is 0 Å². The van der Waals surface area contributed by atoms with E-state index in [1.807, 2.05) is 54.8 Å². The topological polar surface area (TPSA) is 62.7 Å². The van der Waals surface area contributed by atoms with E-state index in [9.17, 15) is 4.79 Å². The molecule has 1 aromatic carbocycles. The molecule has 0 saturated carbocycles. The first-order valence-electron chi connectivity index (χ1n) is 8.64. The summed E-state index contributed by atoms with van der Waals surface area (Å²) in [5.74, 6) is 2.09. The normalized spacial score (nSPS) is 14.0. The number of carbonyl (C=O) groups is 1. The van der Waals surface area contributed by atoms with Crippen LogP contribution in [0.1, 0.15) is 31.2 Å². The standard InChI is InChI=1S/C18H27N3O2S2/c1-19-16-8-6-15(7-9-16)11-20-18(22)5-3-2-4-10-23-21-17-12-24-14-25-13-17/h6-9,19H,2-5,10-14H2,1H3,(H,20,22). The monoisotopic (exact) mass is 381 g/mol. The minimum Gasteiger partial charge on any atom is -0.396 e. The van der Waals surface area contributed by atoms with Gasteiger partial charge in [0.25, 0.3) is 0 Å². The fourth-order valence-electron chi connectivity index (χ4n) is 2.32. The number of hydrogen-bond acceptors (Lipinski definition) is 6. The first-order chi connectivity index (χ1) is 12.3. The summed E-state index contributed by atoms with van der Waals surface area (Å²) in [5, 5.41) is 11.4. The van der Waals surface area contributed by atoms with Crippen molar-refractivity contribution >= 4 is 40.8 Å². The predicted octanol–water partition coefficient (Wildman–Crippen LogP) is 3.72. The van der Waals surface area contributed by atoms with Gasteiger partial charge in [0.2, 0.25) is 5.91 Å². The van der Waals surface area contributed by atoms with Gasteiger partial charge in [-0.3, -0.25) is 4.79 Å². The number of nitrogens with one attached hydrogen (secondary N) is 2. The smallest absolute Gasteiger partial charge is 0.220 e. The summed E-state index contributed by atoms with van der Waals surface area (Å²) in [7, 11) is 1.89. The van der Waals surface area contributed by atoms with Gasteiger partial charge in [0.1, 0.15) is 6.61 Å². The highest BCUT2D eigenvalue weighted by atomic mass is 32.2. The fraction of sp³-hybridized carbons (Fsp3) is 0.556. The summed E-state index contributed by atoms with van der Waals surface area (Å²) in [5.41, 5.74) is 3.32. The van der Waals surface area contributed by atoms with Crippen molar-refractivity contribution < 1.29 is 9.63 Å². The number of unbranched alkanes of at least 4 members (excludes halogenated alkanes) is 2. The molecule has 2 N–H and O–H groups in total. The van der Waals surface area contributed by atoms with Gasteiger partial charge in [0, 0.05) is 42.3 Å². The molecule has 0 unspecified atom stereocenters. The third-order valence-corrected chi connectivity index (χ3v) is 6.18. The van der Waals surface area contributed by atoms with Gasteiger partial charge in [-0.15, -0.1) is 23.5 Å². The molecule has 1 heterocycles. The summed E-state index contributed by atoms with van der Waals surface area (Å²) < 4.78 is 0. The van der Waals surface area contributed by atoms with E-state index in [4.69, 9.17) is 4.84 Å². The van der Waals surface area contributed by atoms with Crippen molar-refractivity contribution in [1.29, 1.82) is 0 Å². The maximum absolute atomic E-state index is 11.9. The number of thioether (sulfide) groups is 2. The molecule has 1 saturated heterocycles. The van der Waals surface area contributed by atoms with Gasteiger partial charge in [-0.05, 0) is 37.0 Å². The van der Waals surface area contributed by atoms with Crippen LogP contribution >= 0.6 is 23.5 Å². The van der Waals surface area contributed by atoms with Gasteiger partial charge in [0.05, 0.1) is 5.71 Å². The lowest BCUT2D eigenvalue weighted by Gasteiger charge is -2.11. The van der Waals surface area contributed by atoms with Gasteiger partial charge >= 0.3 is 0 Å². The SMILES string of the molecule is CNc1ccc(CNC(=O)CCCCCON=C2CSCSC2)cc1. The first kappa shape index (κ1) is 20.0. The van der Waals surface area contributed by atoms with Crippen molar-refractivity contribution in [3.8, 4) is 0 Å². The van der Waals surface area contributed by atoms with E-state index in [2.05, 4.69) is 15.8 Å². The second-order valence-corrected chi connectivity index (χ2v) is 8.18. The minimum atomic E-state index is 0.107. The molecule has 1 fully saturated rings. The Hall–Kier alpha value is -1.34. The molecule has 0 radical (unpaired) electrons. The van der Waals surface area contributed by atoms with Crippen LogP contribution < -0.4 is 10.6 Å². The van der Waals surface area contributed by atoms with Gasteiger partial charge in [0.15, 0.2) is 0 Å². The second-order valence-electron chi connectivity index (χ2n) is 5.84. The van der Waals surface area contributed by atoms with Crippen LogP contribution in [0.3, 0.4) is 0 Å². The summed E-state index contributed by atoms with van der Waals surface area (Å²) in [4.78, 5) is 17.2. The average molecular weight is 382 g/mol. The Bertz CT molecular complexity index is 542. The second kappa shape index (κ2) is 12.1. The number of nitrogens with zero attached hydrogens (tertiary/aromatic N) is 1. The summed E-state index contributed by atoms with van der Waals surface area (Å²) >= 11 is 3.77. The molecule has 1 aromatic rings. The van der Waals surface area contributed by atoms with E-state index in [0.717, 1.165) is 52.8 Å². The van der Waals surface area contributed by atoms with Crippen molar-refractivity contribution in [1.82, 2.24) is 5.32 Å². The molecule has 25 heavy (non-hydrogen) atoms. The summed E-state index contributed by atoms with van der Waals surface area (Å²) in [6, 6.07) is 8.06. The Morgan fingerprint density at radius 2 is 1.92 bits per heavy atom. The van der Waals surface area contributed by atoms with Crippen LogP contribution in [0.5, 0.6) is 0 Å². The van der Waals surface area contributed by atoms with E-state index in [-0.39, 0.29) is 5.91 Å². The molecule has 1 aliphatic rings. The highest BCUT2D eigenvalue weighted by Crippen LogP contribution is 2.19. The third kappa shape index (κ3) is 8.54. The number of amides is 1. The van der Waals surface area contributed by atoms with Crippen molar-refractivity contribution in [2.45, 2.75) is 32.2 Å². The number of benzene rings is 1. The zero-order valence-corrected chi connectivity index (χ0v) is 16.4. The van der Waals surface area contributed by atoms with Crippen LogP contribution in [0.15, 0.2) is 29.4 Å². The molecule has 1 amide bonds. The molecule has 0 aliphatic carbocycles. The number of hydrogen-bond donors (Lipinski definition) is 2. The van der Waals surface area contributed by atoms with E-state index in [1.54, 1.807) is 0 Å². The van der Waals surface area contributed by atoms with Crippen molar-refractivity contribution in [3.05, 3.63) is 29.8 Å². The van der Waals surface area contributed by atoms with Crippen LogP contribution in [-0.4, -0.2) is 41.9 Å². The first-order valence-corrected chi connectivity index (χ1v) is 11.0. The maximum Gasteiger partial charge on any atom is 0.220 e. The summed E-state index contributed by atoms with van der Waals surface area (Å²) in [6.45, 7) is 1.22. The molecule has 0 atom stereocenters. The summed E-state index contributed by atoms with van der Waals surface area (Å²) in [6.07, 6.45) is 3.38. The number of anilines is 1. The van der Waals surface area contributed by atoms with Crippen molar-refractivity contribution in [3.63, 3.8) is 0 Å². The number of oxime groups is 1. The molecule has 0 spiro atoms. The molecular weight excluding hydrogens is 354 g/mol. The lowest BCUT2D eigenvalue weighted by molar-refractivity contribution is -0.121. The Morgan fingerprint density at radius 1 is 1.16 bits per heavy atom. The highest BCUT2D eigenvalue weighted by molar-refractivity contribution is 8.17. The molecule has 1 aliphatic heterocycles. The Morgan fingerprint density at radius 3 is 2.64 bits per heavy atom. The van der Waals surface area contributed by atoms with Gasteiger partial charge in [-0.1, -0.05) is 17.3 Å². The van der Waals surface area contributed by atoms with E-state index in [1.165, 1.54) is 0 Å². The Kier molecular flexibility index (Phi) is 9.66. The zero-order valence-electron chi connectivity index (χ0n) is 14.8. The van der Waals surface area contributed by atoms with Crippen LogP contribution in [0.4, 0.5) is 5.69 Å². The van der Waals surface area contributed by atoms with Crippen LogP contribution in [0.25, 0.3) is 0 Å². The Balaban J connectivity index is 1.47. The highest BCUT2D eigenvalue weighted by Gasteiger charge is 2.07. The third-order valence-electron chi connectivity index (χ3n) is 3.77. The molecule has 7 heteroatoms. The van der Waals surface area contributed by atoms with Crippen molar-refractivity contribution in [2.75, 3.05) is 35.6 Å². The average Bonchev–Trinajstić information content (AvgIpc) is 2.67. The number of carbonyl (C=O) groups excluding carboxylic acids is 1. The largest absolute Gasteiger partial charge is 0.396 e.